The summed E-state index contributed by atoms with van der Waals surface area (Å²) in [6.45, 7) is 4.86. The third kappa shape index (κ3) is 5.88. The maximum absolute atomic E-state index is 12.2. The molecule has 3 aromatic rings. The van der Waals surface area contributed by atoms with Crippen molar-refractivity contribution in [1.82, 2.24) is 14.8 Å². The second kappa shape index (κ2) is 10.0. The molecule has 2 aromatic carbocycles. The zero-order valence-corrected chi connectivity index (χ0v) is 18.3. The molecule has 0 radical (unpaired) electrons. The number of hydrogen-bond donors (Lipinski definition) is 1. The summed E-state index contributed by atoms with van der Waals surface area (Å²) in [5.41, 5.74) is 1.72. The topological polar surface area (TPSA) is 69.0 Å². The van der Waals surface area contributed by atoms with E-state index in [9.17, 15) is 4.79 Å². The van der Waals surface area contributed by atoms with E-state index in [1.807, 2.05) is 30.5 Å². The quantitative estimate of drug-likeness (QED) is 0.476. The van der Waals surface area contributed by atoms with Crippen molar-refractivity contribution in [3.05, 3.63) is 63.9 Å². The molecular formula is C20H20Cl2N4O2S. The fourth-order valence-corrected chi connectivity index (χ4v) is 3.79. The lowest BCUT2D eigenvalue weighted by molar-refractivity contribution is -0.113. The van der Waals surface area contributed by atoms with Gasteiger partial charge in [0.2, 0.25) is 5.91 Å². The van der Waals surface area contributed by atoms with Gasteiger partial charge in [0.15, 0.2) is 11.0 Å². The molecule has 0 fully saturated rings. The predicted octanol–water partition coefficient (Wildman–Crippen LogP) is 5.22. The summed E-state index contributed by atoms with van der Waals surface area (Å²) in [7, 11) is 0. The van der Waals surface area contributed by atoms with E-state index in [4.69, 9.17) is 27.9 Å². The normalized spacial score (nSPS) is 10.8. The molecule has 0 saturated carbocycles. The molecule has 6 nitrogen and oxygen atoms in total. The highest BCUT2D eigenvalue weighted by molar-refractivity contribution is 7.99. The molecule has 0 aliphatic carbocycles. The van der Waals surface area contributed by atoms with Crippen molar-refractivity contribution in [2.75, 3.05) is 11.1 Å². The number of carbonyl (C=O) groups excluding carboxylic acids is 1. The van der Waals surface area contributed by atoms with Gasteiger partial charge in [0.25, 0.3) is 0 Å². The Kier molecular flexibility index (Phi) is 7.41. The number of carbonyl (C=O) groups is 1. The number of amides is 1. The summed E-state index contributed by atoms with van der Waals surface area (Å²) in [6, 6.07) is 12.6. The lowest BCUT2D eigenvalue weighted by atomic mass is 10.2. The zero-order valence-electron chi connectivity index (χ0n) is 16.0. The first-order valence-electron chi connectivity index (χ1n) is 8.95. The van der Waals surface area contributed by atoms with Crippen molar-refractivity contribution in [3.8, 4) is 5.75 Å². The predicted molar refractivity (Wildman–Crippen MR) is 117 cm³/mol. The van der Waals surface area contributed by atoms with Crippen LogP contribution in [0.4, 0.5) is 5.69 Å². The Labute approximate surface area is 183 Å². The fourth-order valence-electron chi connectivity index (χ4n) is 2.61. The first-order chi connectivity index (χ1) is 14.0. The van der Waals surface area contributed by atoms with Gasteiger partial charge in [-0.1, -0.05) is 47.1 Å². The van der Waals surface area contributed by atoms with E-state index in [-0.39, 0.29) is 18.3 Å². The van der Waals surface area contributed by atoms with Crippen LogP contribution in [-0.2, 0) is 17.9 Å². The minimum absolute atomic E-state index is 0.146. The van der Waals surface area contributed by atoms with E-state index in [0.29, 0.717) is 39.0 Å². The van der Waals surface area contributed by atoms with Crippen LogP contribution in [0.3, 0.4) is 0 Å². The van der Waals surface area contributed by atoms with Crippen LogP contribution in [-0.4, -0.2) is 26.4 Å². The van der Waals surface area contributed by atoms with Crippen molar-refractivity contribution >= 4 is 46.6 Å². The number of thioether (sulfide) groups is 1. The Morgan fingerprint density at radius 1 is 1.21 bits per heavy atom. The molecule has 0 spiro atoms. The van der Waals surface area contributed by atoms with E-state index in [1.165, 1.54) is 11.8 Å². The standard InChI is InChI=1S/C20H20Cl2N4O2S/c1-3-26-18(11-28-17-9-13(2)7-8-16(17)22)24-25-20(26)29-12-19(27)23-15-6-4-5-14(21)10-15/h4-10H,3,11-12H2,1-2H3,(H,23,27). The highest BCUT2D eigenvalue weighted by Crippen LogP contribution is 2.26. The van der Waals surface area contributed by atoms with Crippen molar-refractivity contribution < 1.29 is 9.53 Å². The molecule has 0 atom stereocenters. The molecule has 0 unspecified atom stereocenters. The van der Waals surface area contributed by atoms with Crippen LogP contribution in [0.2, 0.25) is 10.0 Å². The van der Waals surface area contributed by atoms with Gasteiger partial charge >= 0.3 is 0 Å². The van der Waals surface area contributed by atoms with Crippen molar-refractivity contribution in [2.45, 2.75) is 32.2 Å². The third-order valence-corrected chi connectivity index (χ3v) is 5.51. The molecular weight excluding hydrogens is 431 g/mol. The number of rotatable bonds is 8. The molecule has 1 amide bonds. The zero-order chi connectivity index (χ0) is 20.8. The molecule has 0 aliphatic heterocycles. The molecule has 1 heterocycles. The minimum atomic E-state index is -0.146. The third-order valence-electron chi connectivity index (χ3n) is 3.99. The number of hydrogen-bond acceptors (Lipinski definition) is 5. The number of halogens is 2. The lowest BCUT2D eigenvalue weighted by Crippen LogP contribution is -2.15. The van der Waals surface area contributed by atoms with Crippen LogP contribution in [0.5, 0.6) is 5.75 Å². The average molecular weight is 451 g/mol. The smallest absolute Gasteiger partial charge is 0.234 e. The summed E-state index contributed by atoms with van der Waals surface area (Å²) >= 11 is 13.4. The Bertz CT molecular complexity index is 1010. The second-order valence-corrected chi connectivity index (χ2v) is 8.00. The number of nitrogens with zero attached hydrogens (tertiary/aromatic N) is 3. The Balaban J connectivity index is 1.60. The van der Waals surface area contributed by atoms with Crippen LogP contribution in [0.15, 0.2) is 47.6 Å². The van der Waals surface area contributed by atoms with Gasteiger partial charge in [0, 0.05) is 17.3 Å². The first kappa shape index (κ1) is 21.5. The largest absolute Gasteiger partial charge is 0.484 e. The molecule has 0 saturated heterocycles. The molecule has 9 heteroatoms. The monoisotopic (exact) mass is 450 g/mol. The van der Waals surface area contributed by atoms with Gasteiger partial charge in [0.05, 0.1) is 10.8 Å². The number of aromatic nitrogens is 3. The number of nitrogens with one attached hydrogen (secondary N) is 1. The summed E-state index contributed by atoms with van der Waals surface area (Å²) in [5, 5.41) is 13.0. The van der Waals surface area contributed by atoms with Gasteiger partial charge < -0.3 is 14.6 Å². The van der Waals surface area contributed by atoms with Gasteiger partial charge in [-0.05, 0) is 49.7 Å². The van der Waals surface area contributed by atoms with Crippen LogP contribution in [0.1, 0.15) is 18.3 Å². The van der Waals surface area contributed by atoms with Gasteiger partial charge in [-0.3, -0.25) is 4.79 Å². The van der Waals surface area contributed by atoms with Crippen LogP contribution in [0.25, 0.3) is 0 Å². The van der Waals surface area contributed by atoms with Gasteiger partial charge in [-0.2, -0.15) is 0 Å². The van der Waals surface area contributed by atoms with E-state index in [1.54, 1.807) is 30.3 Å². The highest BCUT2D eigenvalue weighted by atomic mass is 35.5. The summed E-state index contributed by atoms with van der Waals surface area (Å²) in [4.78, 5) is 12.2. The first-order valence-corrected chi connectivity index (χ1v) is 10.7. The molecule has 152 valence electrons. The van der Waals surface area contributed by atoms with Crippen LogP contribution >= 0.6 is 35.0 Å². The van der Waals surface area contributed by atoms with Gasteiger partial charge in [-0.15, -0.1) is 10.2 Å². The lowest BCUT2D eigenvalue weighted by Gasteiger charge is -2.10. The number of benzene rings is 2. The second-order valence-electron chi connectivity index (χ2n) is 6.21. The molecule has 0 bridgehead atoms. The molecule has 1 aromatic heterocycles. The van der Waals surface area contributed by atoms with Crippen molar-refractivity contribution in [1.29, 1.82) is 0 Å². The Hall–Kier alpha value is -2.22. The van der Waals surface area contributed by atoms with E-state index in [0.717, 1.165) is 5.56 Å². The van der Waals surface area contributed by atoms with E-state index < -0.39 is 0 Å². The van der Waals surface area contributed by atoms with Crippen LogP contribution < -0.4 is 10.1 Å². The number of anilines is 1. The molecule has 0 aliphatic rings. The minimum Gasteiger partial charge on any atom is -0.484 e. The molecule has 29 heavy (non-hydrogen) atoms. The molecule has 3 rings (SSSR count). The summed E-state index contributed by atoms with van der Waals surface area (Å²) < 4.78 is 7.74. The number of ether oxygens (including phenoxy) is 1. The van der Waals surface area contributed by atoms with Crippen LogP contribution in [0, 0.1) is 6.92 Å². The summed E-state index contributed by atoms with van der Waals surface area (Å²) in [5.74, 6) is 1.33. The van der Waals surface area contributed by atoms with Crippen molar-refractivity contribution in [3.63, 3.8) is 0 Å². The van der Waals surface area contributed by atoms with E-state index in [2.05, 4.69) is 15.5 Å². The van der Waals surface area contributed by atoms with Crippen molar-refractivity contribution in [2.24, 2.45) is 0 Å². The Morgan fingerprint density at radius 3 is 2.79 bits per heavy atom. The highest BCUT2D eigenvalue weighted by Gasteiger charge is 2.14. The van der Waals surface area contributed by atoms with Gasteiger partial charge in [0.1, 0.15) is 12.4 Å². The maximum Gasteiger partial charge on any atom is 0.234 e. The average Bonchev–Trinajstić information content (AvgIpc) is 3.09. The summed E-state index contributed by atoms with van der Waals surface area (Å²) in [6.07, 6.45) is 0. The maximum atomic E-state index is 12.2. The van der Waals surface area contributed by atoms with Gasteiger partial charge in [-0.25, -0.2) is 0 Å². The Morgan fingerprint density at radius 2 is 2.03 bits per heavy atom. The van der Waals surface area contributed by atoms with E-state index >= 15 is 0 Å². The fraction of sp³-hybridized carbons (Fsp3) is 0.250. The SMILES string of the molecule is CCn1c(COc2cc(C)ccc2Cl)nnc1SCC(=O)Nc1cccc(Cl)c1. The number of aryl methyl sites for hydroxylation is 1. The molecule has 1 N–H and O–H groups in total.